The third-order valence-electron chi connectivity index (χ3n) is 2.43. The van der Waals surface area contributed by atoms with Crippen LogP contribution >= 0.6 is 0 Å². The SMILES string of the molecule is COCC(C)CNc1ccc(C(N)=O)cc1N. The van der Waals surface area contributed by atoms with Gasteiger partial charge in [-0.25, -0.2) is 0 Å². The van der Waals surface area contributed by atoms with Crippen LogP contribution in [-0.2, 0) is 4.74 Å². The number of nitrogens with two attached hydrogens (primary N) is 2. The van der Waals surface area contributed by atoms with Gasteiger partial charge in [0.1, 0.15) is 0 Å². The molecular formula is C12H19N3O2. The number of methoxy groups -OCH3 is 1. The summed E-state index contributed by atoms with van der Waals surface area (Å²) in [4.78, 5) is 10.9. The van der Waals surface area contributed by atoms with Crippen LogP contribution in [0, 0.1) is 5.92 Å². The van der Waals surface area contributed by atoms with Crippen LogP contribution in [0.2, 0.25) is 0 Å². The second-order valence-electron chi connectivity index (χ2n) is 4.11. The molecular weight excluding hydrogens is 218 g/mol. The molecule has 0 saturated heterocycles. The van der Waals surface area contributed by atoms with Crippen molar-refractivity contribution < 1.29 is 9.53 Å². The molecule has 1 aromatic carbocycles. The van der Waals surface area contributed by atoms with E-state index in [2.05, 4.69) is 12.2 Å². The van der Waals surface area contributed by atoms with Gasteiger partial charge in [-0.2, -0.15) is 0 Å². The lowest BCUT2D eigenvalue weighted by atomic mass is 10.1. The van der Waals surface area contributed by atoms with Crippen LogP contribution in [0.25, 0.3) is 0 Å². The zero-order valence-electron chi connectivity index (χ0n) is 10.2. The predicted molar refractivity (Wildman–Crippen MR) is 68.9 cm³/mol. The Morgan fingerprint density at radius 3 is 2.76 bits per heavy atom. The summed E-state index contributed by atoms with van der Waals surface area (Å²) in [7, 11) is 1.67. The van der Waals surface area contributed by atoms with Gasteiger partial charge in [0.25, 0.3) is 0 Å². The Labute approximate surface area is 101 Å². The maximum absolute atomic E-state index is 10.9. The topological polar surface area (TPSA) is 90.4 Å². The minimum Gasteiger partial charge on any atom is -0.397 e. The van der Waals surface area contributed by atoms with Crippen LogP contribution in [0.5, 0.6) is 0 Å². The maximum Gasteiger partial charge on any atom is 0.248 e. The molecule has 5 N–H and O–H groups in total. The van der Waals surface area contributed by atoms with E-state index in [0.717, 1.165) is 12.2 Å². The van der Waals surface area contributed by atoms with Gasteiger partial charge in [-0.05, 0) is 24.1 Å². The molecule has 0 aliphatic heterocycles. The molecule has 0 radical (unpaired) electrons. The van der Waals surface area contributed by atoms with Crippen LogP contribution in [-0.4, -0.2) is 26.2 Å². The lowest BCUT2D eigenvalue weighted by Crippen LogP contribution is -2.17. The summed E-state index contributed by atoms with van der Waals surface area (Å²) in [5.41, 5.74) is 12.7. The first-order valence-corrected chi connectivity index (χ1v) is 5.46. The number of rotatable bonds is 6. The summed E-state index contributed by atoms with van der Waals surface area (Å²) in [6.07, 6.45) is 0. The van der Waals surface area contributed by atoms with E-state index in [1.807, 2.05) is 0 Å². The second kappa shape index (κ2) is 6.10. The van der Waals surface area contributed by atoms with Gasteiger partial charge in [-0.15, -0.1) is 0 Å². The van der Waals surface area contributed by atoms with Crippen molar-refractivity contribution in [1.29, 1.82) is 0 Å². The number of anilines is 2. The van der Waals surface area contributed by atoms with Crippen LogP contribution < -0.4 is 16.8 Å². The van der Waals surface area contributed by atoms with Crippen LogP contribution in [0.3, 0.4) is 0 Å². The number of hydrogen-bond donors (Lipinski definition) is 3. The summed E-state index contributed by atoms with van der Waals surface area (Å²) in [5, 5.41) is 3.21. The Morgan fingerprint density at radius 2 is 2.24 bits per heavy atom. The Kier molecular flexibility index (Phi) is 4.78. The maximum atomic E-state index is 10.9. The zero-order chi connectivity index (χ0) is 12.8. The van der Waals surface area contributed by atoms with E-state index in [-0.39, 0.29) is 0 Å². The number of hydrogen-bond acceptors (Lipinski definition) is 4. The Balaban J connectivity index is 2.63. The van der Waals surface area contributed by atoms with Crippen molar-refractivity contribution in [2.24, 2.45) is 11.7 Å². The van der Waals surface area contributed by atoms with Crippen molar-refractivity contribution in [1.82, 2.24) is 0 Å². The predicted octanol–water partition coefficient (Wildman–Crippen LogP) is 1.06. The number of carbonyl (C=O) groups is 1. The first kappa shape index (κ1) is 13.3. The number of nitrogens with one attached hydrogen (secondary N) is 1. The van der Waals surface area contributed by atoms with Gasteiger partial charge in [-0.3, -0.25) is 4.79 Å². The minimum absolute atomic E-state index is 0.384. The van der Waals surface area contributed by atoms with Gasteiger partial charge < -0.3 is 21.5 Å². The number of nitrogen functional groups attached to an aromatic ring is 1. The van der Waals surface area contributed by atoms with Gasteiger partial charge in [0, 0.05) is 19.2 Å². The number of ether oxygens (including phenoxy) is 1. The quantitative estimate of drug-likeness (QED) is 0.645. The van der Waals surface area contributed by atoms with Crippen molar-refractivity contribution in [3.63, 3.8) is 0 Å². The number of primary amides is 1. The summed E-state index contributed by atoms with van der Waals surface area (Å²) >= 11 is 0. The Hall–Kier alpha value is -1.75. The minimum atomic E-state index is -0.476. The first-order valence-electron chi connectivity index (χ1n) is 5.46. The van der Waals surface area contributed by atoms with Crippen LogP contribution in [0.15, 0.2) is 18.2 Å². The Morgan fingerprint density at radius 1 is 1.53 bits per heavy atom. The number of benzene rings is 1. The molecule has 0 aliphatic carbocycles. The van der Waals surface area contributed by atoms with Crippen molar-refractivity contribution in [2.45, 2.75) is 6.92 Å². The lowest BCUT2D eigenvalue weighted by Gasteiger charge is -2.14. The fourth-order valence-corrected chi connectivity index (χ4v) is 1.50. The molecule has 0 aliphatic rings. The second-order valence-corrected chi connectivity index (χ2v) is 4.11. The van der Waals surface area contributed by atoms with Crippen molar-refractivity contribution >= 4 is 17.3 Å². The highest BCUT2D eigenvalue weighted by atomic mass is 16.5. The van der Waals surface area contributed by atoms with Crippen LogP contribution in [0.4, 0.5) is 11.4 Å². The number of carbonyl (C=O) groups excluding carboxylic acids is 1. The van der Waals surface area contributed by atoms with Gasteiger partial charge in [-0.1, -0.05) is 6.92 Å². The molecule has 0 saturated carbocycles. The van der Waals surface area contributed by atoms with Crippen molar-refractivity contribution in [2.75, 3.05) is 31.3 Å². The molecule has 5 heteroatoms. The summed E-state index contributed by atoms with van der Waals surface area (Å²) in [6, 6.07) is 4.99. The molecule has 0 aromatic heterocycles. The van der Waals surface area contributed by atoms with Gasteiger partial charge in [0.15, 0.2) is 0 Å². The Bertz CT molecular complexity index is 393. The molecule has 0 bridgehead atoms. The third-order valence-corrected chi connectivity index (χ3v) is 2.43. The van der Waals surface area contributed by atoms with Gasteiger partial charge in [0.05, 0.1) is 18.0 Å². The molecule has 0 fully saturated rings. The van der Waals surface area contributed by atoms with Gasteiger partial charge in [0.2, 0.25) is 5.91 Å². The molecule has 17 heavy (non-hydrogen) atoms. The van der Waals surface area contributed by atoms with Crippen molar-refractivity contribution in [3.05, 3.63) is 23.8 Å². The average Bonchev–Trinajstić information content (AvgIpc) is 2.27. The zero-order valence-corrected chi connectivity index (χ0v) is 10.2. The normalized spacial score (nSPS) is 12.1. The smallest absolute Gasteiger partial charge is 0.248 e. The highest BCUT2D eigenvalue weighted by molar-refractivity contribution is 5.94. The van der Waals surface area contributed by atoms with Crippen LogP contribution in [0.1, 0.15) is 17.3 Å². The summed E-state index contributed by atoms with van der Waals surface area (Å²) in [5.74, 6) is -0.0915. The number of amides is 1. The molecule has 1 aromatic rings. The summed E-state index contributed by atoms with van der Waals surface area (Å²) < 4.78 is 5.04. The average molecular weight is 237 g/mol. The fourth-order valence-electron chi connectivity index (χ4n) is 1.50. The monoisotopic (exact) mass is 237 g/mol. The summed E-state index contributed by atoms with van der Waals surface area (Å²) in [6.45, 7) is 3.52. The van der Waals surface area contributed by atoms with E-state index in [9.17, 15) is 4.79 Å². The molecule has 1 rings (SSSR count). The highest BCUT2D eigenvalue weighted by Gasteiger charge is 2.06. The largest absolute Gasteiger partial charge is 0.397 e. The molecule has 0 heterocycles. The van der Waals surface area contributed by atoms with E-state index < -0.39 is 5.91 Å². The third kappa shape index (κ3) is 3.96. The fraction of sp³-hybridized carbons (Fsp3) is 0.417. The molecule has 1 unspecified atom stereocenters. The van der Waals surface area contributed by atoms with E-state index in [1.54, 1.807) is 25.3 Å². The first-order chi connectivity index (χ1) is 8.04. The van der Waals surface area contributed by atoms with Gasteiger partial charge >= 0.3 is 0 Å². The standard InChI is InChI=1S/C12H19N3O2/c1-8(7-17-2)6-15-11-4-3-9(12(14)16)5-10(11)13/h3-5,8,15H,6-7,13H2,1-2H3,(H2,14,16). The molecule has 0 spiro atoms. The molecule has 94 valence electrons. The molecule has 1 atom stereocenters. The lowest BCUT2D eigenvalue weighted by molar-refractivity contribution is 0.100. The van der Waals surface area contributed by atoms with E-state index in [0.29, 0.717) is 23.8 Å². The van der Waals surface area contributed by atoms with Crippen molar-refractivity contribution in [3.8, 4) is 0 Å². The molecule has 1 amide bonds. The molecule has 5 nitrogen and oxygen atoms in total. The highest BCUT2D eigenvalue weighted by Crippen LogP contribution is 2.19. The van der Waals surface area contributed by atoms with E-state index in [1.165, 1.54) is 0 Å². The van der Waals surface area contributed by atoms with E-state index in [4.69, 9.17) is 16.2 Å². The van der Waals surface area contributed by atoms with E-state index >= 15 is 0 Å².